The molecule has 1 saturated heterocycles. The number of halogens is 3. The van der Waals surface area contributed by atoms with E-state index in [0.29, 0.717) is 11.3 Å². The van der Waals surface area contributed by atoms with Gasteiger partial charge in [0.2, 0.25) is 10.0 Å². The molecule has 2 aliphatic heterocycles. The third kappa shape index (κ3) is 3.20. The van der Waals surface area contributed by atoms with E-state index in [4.69, 9.17) is 0 Å². The highest BCUT2D eigenvalue weighted by atomic mass is 32.2. The van der Waals surface area contributed by atoms with Crippen molar-refractivity contribution in [1.29, 1.82) is 0 Å². The number of carbonyl (C=O) groups is 1. The second-order valence-electron chi connectivity index (χ2n) is 6.33. The highest BCUT2D eigenvalue weighted by molar-refractivity contribution is 7.89. The number of rotatable bonds is 3. The summed E-state index contributed by atoms with van der Waals surface area (Å²) in [5, 5.41) is 0. The summed E-state index contributed by atoms with van der Waals surface area (Å²) in [6.07, 6.45) is -3.31. The van der Waals surface area contributed by atoms with Crippen LogP contribution in [0.5, 0.6) is 5.75 Å². The Morgan fingerprint density at radius 1 is 1.11 bits per heavy atom. The number of hydrogen-bond acceptors (Lipinski definition) is 5. The number of amides is 1. The van der Waals surface area contributed by atoms with E-state index in [-0.39, 0.29) is 30.4 Å². The third-order valence-corrected chi connectivity index (χ3v) is 6.56. The van der Waals surface area contributed by atoms with Crippen LogP contribution in [0.2, 0.25) is 0 Å². The first-order valence-electron chi connectivity index (χ1n) is 8.29. The molecule has 148 valence electrons. The Balaban J connectivity index is 1.57. The lowest BCUT2D eigenvalue weighted by atomic mass is 10.1. The normalized spacial score (nSPS) is 20.0. The number of sulfonamides is 1. The number of nitrogens with zero attached hydrogens (tertiary/aromatic N) is 3. The van der Waals surface area contributed by atoms with Gasteiger partial charge >= 0.3 is 6.36 Å². The fourth-order valence-corrected chi connectivity index (χ4v) is 4.87. The van der Waals surface area contributed by atoms with E-state index in [1.165, 1.54) is 4.31 Å². The Bertz CT molecular complexity index is 1020. The minimum atomic E-state index is -4.86. The van der Waals surface area contributed by atoms with Crippen molar-refractivity contribution in [2.24, 2.45) is 0 Å². The van der Waals surface area contributed by atoms with Gasteiger partial charge in [-0.1, -0.05) is 0 Å². The first-order chi connectivity index (χ1) is 13.2. The second-order valence-corrected chi connectivity index (χ2v) is 8.27. The number of benzene rings is 1. The van der Waals surface area contributed by atoms with Gasteiger partial charge in [0.1, 0.15) is 5.75 Å². The number of ether oxygens (including phenoxy) is 1. The molecule has 0 aliphatic carbocycles. The summed E-state index contributed by atoms with van der Waals surface area (Å²) in [7, 11) is -3.95. The van der Waals surface area contributed by atoms with Crippen molar-refractivity contribution >= 4 is 15.9 Å². The van der Waals surface area contributed by atoms with Crippen molar-refractivity contribution in [3.05, 3.63) is 53.9 Å². The molecule has 2 aliphatic rings. The van der Waals surface area contributed by atoms with Gasteiger partial charge in [0.05, 0.1) is 22.2 Å². The van der Waals surface area contributed by atoms with E-state index in [0.717, 1.165) is 24.3 Å². The molecule has 28 heavy (non-hydrogen) atoms. The monoisotopic (exact) mass is 413 g/mol. The molecule has 0 N–H and O–H groups in total. The molecule has 1 aromatic heterocycles. The number of piperazine rings is 1. The molecule has 1 atom stereocenters. The van der Waals surface area contributed by atoms with Gasteiger partial charge in [-0.2, -0.15) is 4.31 Å². The van der Waals surface area contributed by atoms with E-state index < -0.39 is 28.2 Å². The number of pyridine rings is 1. The van der Waals surface area contributed by atoms with Gasteiger partial charge in [-0.05, 0) is 36.4 Å². The fraction of sp³-hybridized carbons (Fsp3) is 0.294. The lowest BCUT2D eigenvalue weighted by Gasteiger charge is -2.36. The molecule has 3 heterocycles. The molecule has 7 nitrogen and oxygen atoms in total. The zero-order valence-electron chi connectivity index (χ0n) is 14.3. The number of fused-ring (bicyclic) bond motifs is 3. The molecule has 0 saturated carbocycles. The van der Waals surface area contributed by atoms with Crippen molar-refractivity contribution in [1.82, 2.24) is 14.2 Å². The van der Waals surface area contributed by atoms with E-state index in [9.17, 15) is 26.4 Å². The topological polar surface area (TPSA) is 79.8 Å². The molecule has 4 rings (SSSR count). The maximum atomic E-state index is 12.9. The minimum absolute atomic E-state index is 0.0267. The van der Waals surface area contributed by atoms with Crippen LogP contribution in [0.15, 0.2) is 47.5 Å². The van der Waals surface area contributed by atoms with Crippen LogP contribution in [0.4, 0.5) is 13.2 Å². The van der Waals surface area contributed by atoms with Crippen molar-refractivity contribution in [3.63, 3.8) is 0 Å². The lowest BCUT2D eigenvalue weighted by molar-refractivity contribution is -0.274. The Hall–Kier alpha value is -2.66. The predicted molar refractivity (Wildman–Crippen MR) is 89.9 cm³/mol. The number of carbonyl (C=O) groups excluding carboxylic acids is 1. The number of alkyl halides is 3. The van der Waals surface area contributed by atoms with Crippen LogP contribution < -0.4 is 4.74 Å². The summed E-state index contributed by atoms with van der Waals surface area (Å²) in [4.78, 5) is 18.1. The maximum Gasteiger partial charge on any atom is 0.573 e. The summed E-state index contributed by atoms with van der Waals surface area (Å²) < 4.78 is 67.6. The molecule has 1 amide bonds. The van der Waals surface area contributed by atoms with Crippen molar-refractivity contribution in [2.75, 3.05) is 19.6 Å². The van der Waals surface area contributed by atoms with Crippen LogP contribution in [-0.2, 0) is 10.0 Å². The Labute approximate surface area is 158 Å². The highest BCUT2D eigenvalue weighted by Gasteiger charge is 2.44. The first kappa shape index (κ1) is 18.7. The first-order valence-corrected chi connectivity index (χ1v) is 9.73. The summed E-state index contributed by atoms with van der Waals surface area (Å²) in [6, 6.07) is 6.85. The van der Waals surface area contributed by atoms with E-state index in [1.807, 2.05) is 0 Å². The molecular weight excluding hydrogens is 399 g/mol. The molecular formula is C17H14F3N3O4S. The lowest BCUT2D eigenvalue weighted by Crippen LogP contribution is -2.49. The fourth-order valence-electron chi connectivity index (χ4n) is 3.43. The van der Waals surface area contributed by atoms with Gasteiger partial charge < -0.3 is 9.64 Å². The Kier molecular flexibility index (Phi) is 4.31. The molecule has 0 radical (unpaired) electrons. The molecule has 11 heteroatoms. The summed E-state index contributed by atoms with van der Waals surface area (Å²) in [6.45, 7) is 0.312. The molecule has 0 spiro atoms. The average molecular weight is 413 g/mol. The Morgan fingerprint density at radius 2 is 1.82 bits per heavy atom. The predicted octanol–water partition coefficient (Wildman–Crippen LogP) is 2.18. The molecule has 2 aromatic rings. The molecule has 1 fully saturated rings. The zero-order chi connectivity index (χ0) is 20.1. The van der Waals surface area contributed by atoms with Crippen LogP contribution in [0, 0.1) is 0 Å². The minimum Gasteiger partial charge on any atom is -0.406 e. The van der Waals surface area contributed by atoms with Gasteiger partial charge in [0.25, 0.3) is 5.91 Å². The van der Waals surface area contributed by atoms with E-state index >= 15 is 0 Å². The summed E-state index contributed by atoms with van der Waals surface area (Å²) >= 11 is 0. The maximum absolute atomic E-state index is 12.9. The van der Waals surface area contributed by atoms with Crippen LogP contribution >= 0.6 is 0 Å². The van der Waals surface area contributed by atoms with Crippen molar-refractivity contribution in [3.8, 4) is 5.75 Å². The molecule has 0 bridgehead atoms. The van der Waals surface area contributed by atoms with Gasteiger partial charge in [-0.15, -0.1) is 13.2 Å². The van der Waals surface area contributed by atoms with Gasteiger partial charge in [0, 0.05) is 25.8 Å². The summed E-state index contributed by atoms with van der Waals surface area (Å²) in [5.74, 6) is -0.686. The highest BCUT2D eigenvalue weighted by Crippen LogP contribution is 2.36. The van der Waals surface area contributed by atoms with Crippen LogP contribution in [0.25, 0.3) is 0 Å². The van der Waals surface area contributed by atoms with E-state index in [1.54, 1.807) is 23.2 Å². The van der Waals surface area contributed by atoms with E-state index in [2.05, 4.69) is 9.72 Å². The molecule has 1 unspecified atom stereocenters. The largest absolute Gasteiger partial charge is 0.573 e. The smallest absolute Gasteiger partial charge is 0.406 e. The zero-order valence-corrected chi connectivity index (χ0v) is 15.1. The molecule has 1 aromatic carbocycles. The third-order valence-electron chi connectivity index (χ3n) is 4.68. The Morgan fingerprint density at radius 3 is 2.50 bits per heavy atom. The number of aromatic nitrogens is 1. The van der Waals surface area contributed by atoms with Crippen molar-refractivity contribution in [2.45, 2.75) is 17.3 Å². The standard InChI is InChI=1S/C17H14F3N3O4S/c18-17(19,20)27-11-3-5-12(6-4-11)28(25,26)22-8-9-23-14(10-22)15-13(16(23)24)2-1-7-21-15/h1-7,14H,8-10H2. The summed E-state index contributed by atoms with van der Waals surface area (Å²) in [5.41, 5.74) is 0.988. The quantitative estimate of drug-likeness (QED) is 0.771. The SMILES string of the molecule is O=C1c2cccnc2C2CN(S(=O)(=O)c3ccc(OC(F)(F)F)cc3)CCN12. The van der Waals surface area contributed by atoms with Crippen LogP contribution in [0.1, 0.15) is 22.1 Å². The van der Waals surface area contributed by atoms with Gasteiger partial charge in [-0.3, -0.25) is 9.78 Å². The van der Waals surface area contributed by atoms with Crippen LogP contribution in [0.3, 0.4) is 0 Å². The average Bonchev–Trinajstić information content (AvgIpc) is 2.93. The second kappa shape index (κ2) is 6.45. The van der Waals surface area contributed by atoms with Gasteiger partial charge in [0.15, 0.2) is 0 Å². The van der Waals surface area contributed by atoms with Gasteiger partial charge in [-0.25, -0.2) is 8.42 Å². The van der Waals surface area contributed by atoms with Crippen molar-refractivity contribution < 1.29 is 31.1 Å². The number of hydrogen-bond donors (Lipinski definition) is 0. The van der Waals surface area contributed by atoms with Crippen LogP contribution in [-0.4, -0.2) is 54.5 Å².